The second-order valence-corrected chi connectivity index (χ2v) is 4.56. The van der Waals surface area contributed by atoms with Gasteiger partial charge in [0.05, 0.1) is 0 Å². The predicted molar refractivity (Wildman–Crippen MR) is 78.3 cm³/mol. The van der Waals surface area contributed by atoms with Gasteiger partial charge in [0.15, 0.2) is 0 Å². The first kappa shape index (κ1) is 16.5. The first-order valence-corrected chi connectivity index (χ1v) is 6.60. The highest BCUT2D eigenvalue weighted by Crippen LogP contribution is 2.09. The smallest absolute Gasteiger partial charge is 0.322 e. The molecule has 114 valence electrons. The van der Waals surface area contributed by atoms with Crippen molar-refractivity contribution in [2.45, 2.75) is 26.3 Å². The van der Waals surface area contributed by atoms with Gasteiger partial charge in [-0.3, -0.25) is 9.59 Å². The fourth-order valence-corrected chi connectivity index (χ4v) is 1.46. The van der Waals surface area contributed by atoms with Crippen molar-refractivity contribution >= 4 is 23.6 Å². The lowest BCUT2D eigenvalue weighted by Gasteiger charge is -2.12. The molecule has 0 bridgehead atoms. The third-order valence-corrected chi connectivity index (χ3v) is 2.79. The number of carboxylic acid groups (broad SMARTS) is 1. The van der Waals surface area contributed by atoms with Crippen molar-refractivity contribution in [2.75, 3.05) is 11.9 Å². The molecule has 0 fully saturated rings. The van der Waals surface area contributed by atoms with Crippen LogP contribution in [0.15, 0.2) is 24.3 Å². The number of rotatable bonds is 6. The van der Waals surface area contributed by atoms with Crippen LogP contribution >= 0.6 is 0 Å². The van der Waals surface area contributed by atoms with Gasteiger partial charge in [0, 0.05) is 17.3 Å². The Bertz CT molecular complexity index is 513. The average Bonchev–Trinajstić information content (AvgIpc) is 2.45. The Morgan fingerprint density at radius 3 is 2.33 bits per heavy atom. The van der Waals surface area contributed by atoms with Gasteiger partial charge in [-0.05, 0) is 37.6 Å². The number of benzene rings is 1. The summed E-state index contributed by atoms with van der Waals surface area (Å²) < 4.78 is 0. The third-order valence-electron chi connectivity index (χ3n) is 2.79. The van der Waals surface area contributed by atoms with E-state index in [4.69, 9.17) is 5.11 Å². The van der Waals surface area contributed by atoms with Gasteiger partial charge in [-0.1, -0.05) is 6.92 Å². The summed E-state index contributed by atoms with van der Waals surface area (Å²) in [5.74, 6) is -1.59. The highest BCUT2D eigenvalue weighted by molar-refractivity contribution is 5.96. The fourth-order valence-electron chi connectivity index (χ4n) is 1.46. The number of aliphatic carboxylic acids is 1. The number of anilines is 1. The van der Waals surface area contributed by atoms with E-state index in [1.807, 2.05) is 13.8 Å². The van der Waals surface area contributed by atoms with E-state index in [0.717, 1.165) is 6.42 Å². The minimum absolute atomic E-state index is 0.0751. The molecule has 1 aromatic rings. The molecule has 1 aromatic carbocycles. The number of carbonyl (C=O) groups excluding carboxylic acids is 2. The van der Waals surface area contributed by atoms with E-state index in [9.17, 15) is 14.4 Å². The van der Waals surface area contributed by atoms with E-state index in [1.54, 1.807) is 12.1 Å². The summed E-state index contributed by atoms with van der Waals surface area (Å²) in [6.07, 6.45) is 0.829. The molecule has 4 N–H and O–H groups in total. The van der Waals surface area contributed by atoms with E-state index < -0.39 is 18.4 Å². The molecule has 0 aliphatic rings. The van der Waals surface area contributed by atoms with Crippen LogP contribution in [0.3, 0.4) is 0 Å². The Balaban J connectivity index is 2.55. The molecular weight excluding hydrogens is 274 g/mol. The Labute approximate surface area is 122 Å². The molecular formula is C14H19N3O4. The maximum absolute atomic E-state index is 11.6. The molecule has 0 saturated heterocycles. The summed E-state index contributed by atoms with van der Waals surface area (Å²) in [4.78, 5) is 33.6. The lowest BCUT2D eigenvalue weighted by Crippen LogP contribution is -2.35. The van der Waals surface area contributed by atoms with Crippen LogP contribution in [0, 0.1) is 0 Å². The van der Waals surface area contributed by atoms with Gasteiger partial charge in [-0.15, -0.1) is 0 Å². The van der Waals surface area contributed by atoms with Gasteiger partial charge in [0.2, 0.25) is 0 Å². The third kappa shape index (κ3) is 5.94. The van der Waals surface area contributed by atoms with Crippen molar-refractivity contribution in [3.05, 3.63) is 29.8 Å². The summed E-state index contributed by atoms with van der Waals surface area (Å²) >= 11 is 0. The van der Waals surface area contributed by atoms with Gasteiger partial charge >= 0.3 is 12.0 Å². The summed E-state index contributed by atoms with van der Waals surface area (Å²) in [5.41, 5.74) is 0.870. The van der Waals surface area contributed by atoms with Gasteiger partial charge < -0.3 is 21.1 Å². The fraction of sp³-hybridized carbons (Fsp3) is 0.357. The van der Waals surface area contributed by atoms with Crippen LogP contribution in [-0.2, 0) is 4.79 Å². The average molecular weight is 293 g/mol. The molecule has 0 saturated carbocycles. The number of urea groups is 1. The molecule has 0 radical (unpaired) electrons. The molecule has 3 amide bonds. The second kappa shape index (κ2) is 7.88. The van der Waals surface area contributed by atoms with E-state index in [2.05, 4.69) is 16.0 Å². The van der Waals surface area contributed by atoms with Crippen LogP contribution in [0.5, 0.6) is 0 Å². The highest BCUT2D eigenvalue weighted by Gasteiger charge is 2.08. The van der Waals surface area contributed by atoms with E-state index in [-0.39, 0.29) is 12.1 Å². The maximum Gasteiger partial charge on any atom is 0.322 e. The van der Waals surface area contributed by atoms with Crippen molar-refractivity contribution in [3.63, 3.8) is 0 Å². The Kier molecular flexibility index (Phi) is 6.19. The molecule has 1 atom stereocenters. The Morgan fingerprint density at radius 2 is 1.81 bits per heavy atom. The van der Waals surface area contributed by atoms with Crippen LogP contribution in [0.2, 0.25) is 0 Å². The lowest BCUT2D eigenvalue weighted by atomic mass is 10.2. The molecule has 1 unspecified atom stereocenters. The van der Waals surface area contributed by atoms with Crippen LogP contribution < -0.4 is 16.0 Å². The first-order valence-electron chi connectivity index (χ1n) is 6.60. The van der Waals surface area contributed by atoms with Crippen molar-refractivity contribution in [1.29, 1.82) is 0 Å². The highest BCUT2D eigenvalue weighted by atomic mass is 16.4. The van der Waals surface area contributed by atoms with Crippen molar-refractivity contribution in [1.82, 2.24) is 10.6 Å². The molecule has 0 spiro atoms. The summed E-state index contributed by atoms with van der Waals surface area (Å²) in [6, 6.07) is 5.93. The Hall–Kier alpha value is -2.57. The number of amides is 3. The quantitative estimate of drug-likeness (QED) is 0.636. The van der Waals surface area contributed by atoms with Crippen molar-refractivity contribution < 1.29 is 19.5 Å². The van der Waals surface area contributed by atoms with Crippen molar-refractivity contribution in [3.8, 4) is 0 Å². The zero-order valence-electron chi connectivity index (χ0n) is 12.0. The molecule has 0 aromatic heterocycles. The molecule has 7 heteroatoms. The lowest BCUT2D eigenvalue weighted by molar-refractivity contribution is -0.135. The number of hydrogen-bond acceptors (Lipinski definition) is 3. The van der Waals surface area contributed by atoms with Gasteiger partial charge in [-0.2, -0.15) is 0 Å². The van der Waals surface area contributed by atoms with Crippen LogP contribution in [0.25, 0.3) is 0 Å². The number of nitrogens with one attached hydrogen (secondary N) is 3. The summed E-state index contributed by atoms with van der Waals surface area (Å²) in [5, 5.41) is 16.1. The molecule has 21 heavy (non-hydrogen) atoms. The molecule has 0 aliphatic heterocycles. The van der Waals surface area contributed by atoms with Crippen LogP contribution in [-0.4, -0.2) is 35.6 Å². The molecule has 7 nitrogen and oxygen atoms in total. The molecule has 1 rings (SSSR count). The topological polar surface area (TPSA) is 108 Å². The second-order valence-electron chi connectivity index (χ2n) is 4.56. The number of carboxylic acids is 1. The first-order chi connectivity index (χ1) is 9.92. The van der Waals surface area contributed by atoms with E-state index in [0.29, 0.717) is 11.3 Å². The van der Waals surface area contributed by atoms with Gasteiger partial charge in [-0.25, -0.2) is 4.79 Å². The Morgan fingerprint density at radius 1 is 1.19 bits per heavy atom. The SMILES string of the molecule is CCC(C)NC(=O)Nc1ccc(C(=O)NCC(=O)O)cc1. The molecule has 0 heterocycles. The minimum Gasteiger partial charge on any atom is -0.480 e. The summed E-state index contributed by atoms with van der Waals surface area (Å²) in [6.45, 7) is 3.43. The van der Waals surface area contributed by atoms with E-state index >= 15 is 0 Å². The zero-order valence-corrected chi connectivity index (χ0v) is 12.0. The zero-order chi connectivity index (χ0) is 15.8. The monoisotopic (exact) mass is 293 g/mol. The molecule has 0 aliphatic carbocycles. The van der Waals surface area contributed by atoms with Gasteiger partial charge in [0.25, 0.3) is 5.91 Å². The number of hydrogen-bond donors (Lipinski definition) is 4. The minimum atomic E-state index is -1.11. The largest absolute Gasteiger partial charge is 0.480 e. The normalized spacial score (nSPS) is 11.3. The van der Waals surface area contributed by atoms with Gasteiger partial charge in [0.1, 0.15) is 6.54 Å². The number of carbonyl (C=O) groups is 3. The summed E-state index contributed by atoms with van der Waals surface area (Å²) in [7, 11) is 0. The van der Waals surface area contributed by atoms with Crippen LogP contribution in [0.1, 0.15) is 30.6 Å². The van der Waals surface area contributed by atoms with Crippen LogP contribution in [0.4, 0.5) is 10.5 Å². The maximum atomic E-state index is 11.6. The standard InChI is InChI=1S/C14H19N3O4/c1-3-9(2)16-14(21)17-11-6-4-10(5-7-11)13(20)15-8-12(18)19/h4-7,9H,3,8H2,1-2H3,(H,15,20)(H,18,19)(H2,16,17,21). The predicted octanol–water partition coefficient (Wildman–Crippen LogP) is 1.42. The van der Waals surface area contributed by atoms with Crippen molar-refractivity contribution in [2.24, 2.45) is 0 Å². The van der Waals surface area contributed by atoms with E-state index in [1.165, 1.54) is 12.1 Å².